The second kappa shape index (κ2) is 11.7. The van der Waals surface area contributed by atoms with Gasteiger partial charge in [-0.1, -0.05) is 61.6 Å². The number of benzene rings is 3. The van der Waals surface area contributed by atoms with Crippen molar-refractivity contribution < 1.29 is 29.0 Å². The number of fused-ring (bicyclic) bond motifs is 3. The molecule has 3 aromatic carbocycles. The number of carbonyl (C=O) groups excluding carboxylic acids is 3. The molecule has 9 heteroatoms. The molecule has 0 aliphatic carbocycles. The number of aliphatic hydroxyl groups is 1. The van der Waals surface area contributed by atoms with Crippen molar-refractivity contribution in [3.8, 4) is 5.75 Å². The van der Waals surface area contributed by atoms with E-state index in [1.807, 2.05) is 105 Å². The van der Waals surface area contributed by atoms with Gasteiger partial charge in [0, 0.05) is 37.6 Å². The lowest BCUT2D eigenvalue weighted by Gasteiger charge is -2.38. The number of hydrogen-bond donors (Lipinski definition) is 1. The molecule has 4 heterocycles. The predicted molar refractivity (Wildman–Crippen MR) is 176 cm³/mol. The number of nitrogens with zero attached hydrogens (tertiary/aromatic N) is 3. The van der Waals surface area contributed by atoms with Crippen LogP contribution >= 0.6 is 0 Å². The summed E-state index contributed by atoms with van der Waals surface area (Å²) >= 11 is 0. The van der Waals surface area contributed by atoms with Crippen molar-refractivity contribution in [3.05, 3.63) is 91.0 Å². The molecule has 2 fully saturated rings. The number of amides is 3. The Balaban J connectivity index is 1.31. The molecule has 1 N–H and O–H groups in total. The monoisotopic (exact) mass is 621 g/mol. The largest absolute Gasteiger partial charge is 0.494 e. The highest BCUT2D eigenvalue weighted by Gasteiger charge is 2.75. The molecule has 3 amide bonds. The molecule has 0 aromatic heterocycles. The maximum absolute atomic E-state index is 14.8. The van der Waals surface area contributed by atoms with Crippen LogP contribution in [-0.2, 0) is 19.1 Å². The summed E-state index contributed by atoms with van der Waals surface area (Å²) in [6.07, 6.45) is 8.38. The maximum Gasteiger partial charge on any atom is 0.253 e. The normalized spacial score (nSPS) is 28.7. The van der Waals surface area contributed by atoms with Crippen LogP contribution in [0.2, 0.25) is 0 Å². The van der Waals surface area contributed by atoms with Crippen LogP contribution in [0.25, 0.3) is 10.8 Å². The number of likely N-dealkylation sites (tertiary alicyclic amines) is 1. The summed E-state index contributed by atoms with van der Waals surface area (Å²) in [5.41, 5.74) is -1.03. The van der Waals surface area contributed by atoms with Crippen molar-refractivity contribution in [2.45, 2.75) is 43.9 Å². The first-order chi connectivity index (χ1) is 22.4. The van der Waals surface area contributed by atoms with E-state index in [-0.39, 0.29) is 30.9 Å². The van der Waals surface area contributed by atoms with E-state index in [0.717, 1.165) is 16.5 Å². The van der Waals surface area contributed by atoms with E-state index < -0.39 is 29.1 Å². The Hall–Kier alpha value is -4.47. The minimum absolute atomic E-state index is 0.136. The molecule has 0 bridgehead atoms. The molecular formula is C37H39N3O6. The summed E-state index contributed by atoms with van der Waals surface area (Å²) in [6.45, 7) is 5.06. The second-order valence-corrected chi connectivity index (χ2v) is 12.4. The van der Waals surface area contributed by atoms with Crippen molar-refractivity contribution in [3.63, 3.8) is 0 Å². The Morgan fingerprint density at radius 3 is 2.24 bits per heavy atom. The Bertz CT molecular complexity index is 1740. The fourth-order valence-electron chi connectivity index (χ4n) is 7.94. The number of hydrogen-bond acceptors (Lipinski definition) is 6. The van der Waals surface area contributed by atoms with Crippen molar-refractivity contribution >= 4 is 39.9 Å². The van der Waals surface area contributed by atoms with E-state index >= 15 is 0 Å². The fourth-order valence-corrected chi connectivity index (χ4v) is 7.94. The molecule has 238 valence electrons. The molecule has 7 rings (SSSR count). The molecule has 5 atom stereocenters. The summed E-state index contributed by atoms with van der Waals surface area (Å²) in [5, 5.41) is 11.8. The quantitative estimate of drug-likeness (QED) is 0.373. The van der Waals surface area contributed by atoms with E-state index in [9.17, 15) is 19.5 Å². The molecule has 0 saturated carbocycles. The van der Waals surface area contributed by atoms with Gasteiger partial charge in [-0.15, -0.1) is 0 Å². The third-order valence-electron chi connectivity index (χ3n) is 10.0. The van der Waals surface area contributed by atoms with E-state index in [1.54, 1.807) is 14.7 Å². The SMILES string of the molecule is CCOc1ccc(N2CC=C[C@@]3(CC)O[C@]45C=CCN(c6ccc7ccccc7c6)C(=O)C4N(CCCO)C(=O)[C@@H]5[C@H]3C2=O)cc1. The topological polar surface area (TPSA) is 99.6 Å². The molecular weight excluding hydrogens is 582 g/mol. The van der Waals surface area contributed by atoms with Crippen molar-refractivity contribution in [1.82, 2.24) is 4.90 Å². The highest BCUT2D eigenvalue weighted by Crippen LogP contribution is 2.59. The summed E-state index contributed by atoms with van der Waals surface area (Å²) in [4.78, 5) is 49.0. The number of ether oxygens (including phenoxy) is 2. The van der Waals surface area contributed by atoms with Gasteiger partial charge >= 0.3 is 0 Å². The average molecular weight is 622 g/mol. The van der Waals surface area contributed by atoms with Gasteiger partial charge in [0.1, 0.15) is 17.4 Å². The first-order valence-electron chi connectivity index (χ1n) is 16.2. The molecule has 9 nitrogen and oxygen atoms in total. The summed E-state index contributed by atoms with van der Waals surface area (Å²) in [5.74, 6) is -1.86. The molecule has 4 aliphatic heterocycles. The van der Waals surface area contributed by atoms with Gasteiger partial charge in [0.15, 0.2) is 0 Å². The van der Waals surface area contributed by atoms with Crippen LogP contribution in [-0.4, -0.2) is 77.8 Å². The Labute approximate surface area is 268 Å². The Kier molecular flexibility index (Phi) is 7.69. The lowest BCUT2D eigenvalue weighted by Crippen LogP contribution is -2.56. The third-order valence-corrected chi connectivity index (χ3v) is 10.0. The predicted octanol–water partition coefficient (Wildman–Crippen LogP) is 4.49. The zero-order valence-electron chi connectivity index (χ0n) is 26.2. The van der Waals surface area contributed by atoms with E-state index in [2.05, 4.69) is 0 Å². The average Bonchev–Trinajstić information content (AvgIpc) is 3.36. The van der Waals surface area contributed by atoms with Crippen LogP contribution in [0.4, 0.5) is 11.4 Å². The van der Waals surface area contributed by atoms with Crippen LogP contribution < -0.4 is 14.5 Å². The summed E-state index contributed by atoms with van der Waals surface area (Å²) in [7, 11) is 0. The van der Waals surface area contributed by atoms with Gasteiger partial charge in [0.05, 0.1) is 24.0 Å². The standard InChI is InChI=1S/C37H39N3O6/c1-3-36-18-7-20-38(27-14-16-29(17-15-27)45-4-2)33(42)30(36)31-34(43)40(22-9-23-41)32-35(44)39(21-8-19-37(31,32)46-36)28-13-12-25-10-5-6-11-26(25)24-28/h5-8,10-19,24,30-32,41H,3-4,9,20-23H2,1-2H3/t30-,31-,32?,36+,37-/m0/s1. The van der Waals surface area contributed by atoms with Crippen LogP contribution in [0.15, 0.2) is 91.0 Å². The number of aliphatic hydroxyl groups excluding tert-OH is 1. The lowest BCUT2D eigenvalue weighted by atomic mass is 9.73. The molecule has 1 spiro atoms. The van der Waals surface area contributed by atoms with E-state index in [1.165, 1.54) is 0 Å². The Morgan fingerprint density at radius 2 is 1.52 bits per heavy atom. The van der Waals surface area contributed by atoms with Crippen molar-refractivity contribution in [2.75, 3.05) is 42.6 Å². The van der Waals surface area contributed by atoms with Gasteiger partial charge < -0.3 is 29.3 Å². The van der Waals surface area contributed by atoms with Gasteiger partial charge in [0.25, 0.3) is 5.91 Å². The first kappa shape index (κ1) is 30.2. The highest BCUT2D eigenvalue weighted by atomic mass is 16.5. The van der Waals surface area contributed by atoms with Crippen LogP contribution in [0.5, 0.6) is 5.75 Å². The van der Waals surface area contributed by atoms with Gasteiger partial charge in [-0.05, 0) is 66.9 Å². The van der Waals surface area contributed by atoms with Gasteiger partial charge in [-0.25, -0.2) is 0 Å². The van der Waals surface area contributed by atoms with E-state index in [4.69, 9.17) is 9.47 Å². The van der Waals surface area contributed by atoms with Crippen LogP contribution in [0.1, 0.15) is 26.7 Å². The number of carbonyl (C=O) groups is 3. The molecule has 1 unspecified atom stereocenters. The molecule has 0 radical (unpaired) electrons. The summed E-state index contributed by atoms with van der Waals surface area (Å²) in [6, 6.07) is 20.2. The molecule has 3 aromatic rings. The van der Waals surface area contributed by atoms with Gasteiger partial charge in [-0.3, -0.25) is 14.4 Å². The summed E-state index contributed by atoms with van der Waals surface area (Å²) < 4.78 is 12.7. The van der Waals surface area contributed by atoms with Crippen LogP contribution in [0.3, 0.4) is 0 Å². The van der Waals surface area contributed by atoms with Crippen LogP contribution in [0, 0.1) is 11.8 Å². The third kappa shape index (κ3) is 4.55. The first-order valence-corrected chi connectivity index (χ1v) is 16.2. The zero-order valence-corrected chi connectivity index (χ0v) is 26.2. The van der Waals surface area contributed by atoms with Gasteiger partial charge in [0.2, 0.25) is 11.8 Å². The second-order valence-electron chi connectivity index (χ2n) is 12.4. The van der Waals surface area contributed by atoms with E-state index in [0.29, 0.717) is 44.0 Å². The zero-order chi connectivity index (χ0) is 32.1. The fraction of sp³-hybridized carbons (Fsp3) is 0.378. The maximum atomic E-state index is 14.8. The number of rotatable bonds is 8. The van der Waals surface area contributed by atoms with Gasteiger partial charge in [-0.2, -0.15) is 0 Å². The lowest BCUT2D eigenvalue weighted by molar-refractivity contribution is -0.145. The molecule has 4 aliphatic rings. The molecule has 46 heavy (non-hydrogen) atoms. The minimum atomic E-state index is -1.36. The molecule has 2 saturated heterocycles. The van der Waals surface area contributed by atoms with Crippen molar-refractivity contribution in [2.24, 2.45) is 11.8 Å². The smallest absolute Gasteiger partial charge is 0.253 e. The highest BCUT2D eigenvalue weighted by molar-refractivity contribution is 6.08. The minimum Gasteiger partial charge on any atom is -0.494 e. The Morgan fingerprint density at radius 1 is 0.826 bits per heavy atom. The number of anilines is 2. The van der Waals surface area contributed by atoms with Crippen molar-refractivity contribution in [1.29, 1.82) is 0 Å².